The van der Waals surface area contributed by atoms with E-state index in [-0.39, 0.29) is 11.6 Å². The van der Waals surface area contributed by atoms with Gasteiger partial charge in [-0.05, 0) is 33.2 Å². The summed E-state index contributed by atoms with van der Waals surface area (Å²) in [6, 6.07) is 0. The monoisotopic (exact) mass is 129 g/mol. The highest BCUT2D eigenvalue weighted by Gasteiger charge is 2.32. The maximum absolute atomic E-state index is 9.25. The van der Waals surface area contributed by atoms with E-state index >= 15 is 0 Å². The Balaban J connectivity index is 2.51. The molecule has 0 amide bonds. The first-order valence-electron chi connectivity index (χ1n) is 3.58. The Kier molecular flexibility index (Phi) is 1.78. The molecule has 1 aliphatic heterocycles. The van der Waals surface area contributed by atoms with Crippen LogP contribution in [0.15, 0.2) is 0 Å². The molecular weight excluding hydrogens is 114 g/mol. The van der Waals surface area contributed by atoms with E-state index in [0.29, 0.717) is 0 Å². The van der Waals surface area contributed by atoms with Gasteiger partial charge in [-0.3, -0.25) is 0 Å². The summed E-state index contributed by atoms with van der Waals surface area (Å²) in [5.74, 6) is 0. The van der Waals surface area contributed by atoms with E-state index in [1.54, 1.807) is 0 Å². The van der Waals surface area contributed by atoms with E-state index in [4.69, 9.17) is 0 Å². The number of nitrogens with one attached hydrogen (secondary N) is 1. The summed E-state index contributed by atoms with van der Waals surface area (Å²) in [5.41, 5.74) is 0. The Bertz CT molecular complexity index is 95.1. The summed E-state index contributed by atoms with van der Waals surface area (Å²) in [6.07, 6.45) is 2.08. The zero-order valence-corrected chi connectivity index (χ0v) is 6.15. The topological polar surface area (TPSA) is 32.3 Å². The first kappa shape index (κ1) is 7.03. The lowest BCUT2D eigenvalue weighted by atomic mass is 9.94. The fourth-order valence-electron chi connectivity index (χ4n) is 1.27. The number of aliphatic hydroxyl groups is 1. The minimum atomic E-state index is -0.222. The summed E-state index contributed by atoms with van der Waals surface area (Å²) in [4.78, 5) is 0. The van der Waals surface area contributed by atoms with Gasteiger partial charge in [-0.25, -0.2) is 0 Å². The van der Waals surface area contributed by atoms with Crippen LogP contribution in [0, 0.1) is 0 Å². The predicted molar refractivity (Wildman–Crippen MR) is 37.3 cm³/mol. The highest BCUT2D eigenvalue weighted by atomic mass is 16.3. The Labute approximate surface area is 56.3 Å². The van der Waals surface area contributed by atoms with Crippen LogP contribution in [0.3, 0.4) is 0 Å². The maximum atomic E-state index is 9.25. The van der Waals surface area contributed by atoms with Crippen LogP contribution < -0.4 is 5.32 Å². The molecule has 2 atom stereocenters. The standard InChI is InChI=1S/C7H15NO/c1-6(9)7(2)4-3-5-8-7/h6,8-9H,3-5H2,1-2H3/t6?,7-/m0/s1. The van der Waals surface area contributed by atoms with Crippen molar-refractivity contribution in [2.45, 2.75) is 38.3 Å². The van der Waals surface area contributed by atoms with Crippen molar-refractivity contribution in [3.8, 4) is 0 Å². The fraction of sp³-hybridized carbons (Fsp3) is 1.00. The zero-order chi connectivity index (χ0) is 6.91. The lowest BCUT2D eigenvalue weighted by Crippen LogP contribution is -2.45. The second-order valence-corrected chi connectivity index (χ2v) is 3.12. The third kappa shape index (κ3) is 1.25. The first-order valence-corrected chi connectivity index (χ1v) is 3.58. The van der Waals surface area contributed by atoms with Crippen LogP contribution in [-0.2, 0) is 0 Å². The molecule has 2 heteroatoms. The van der Waals surface area contributed by atoms with Crippen LogP contribution in [0.4, 0.5) is 0 Å². The predicted octanol–water partition coefficient (Wildman–Crippen LogP) is 0.509. The summed E-state index contributed by atoms with van der Waals surface area (Å²) >= 11 is 0. The van der Waals surface area contributed by atoms with Crippen LogP contribution in [0.25, 0.3) is 0 Å². The summed E-state index contributed by atoms with van der Waals surface area (Å²) < 4.78 is 0. The van der Waals surface area contributed by atoms with Gasteiger partial charge < -0.3 is 10.4 Å². The lowest BCUT2D eigenvalue weighted by Gasteiger charge is -2.27. The van der Waals surface area contributed by atoms with E-state index < -0.39 is 0 Å². The molecule has 9 heavy (non-hydrogen) atoms. The number of rotatable bonds is 1. The van der Waals surface area contributed by atoms with Crippen molar-refractivity contribution in [1.82, 2.24) is 5.32 Å². The van der Waals surface area contributed by atoms with Crippen molar-refractivity contribution in [3.05, 3.63) is 0 Å². The molecular formula is C7H15NO. The van der Waals surface area contributed by atoms with Gasteiger partial charge in [0, 0.05) is 5.54 Å². The van der Waals surface area contributed by atoms with Gasteiger partial charge in [0.25, 0.3) is 0 Å². The summed E-state index contributed by atoms with van der Waals surface area (Å²) in [5, 5.41) is 12.5. The van der Waals surface area contributed by atoms with Gasteiger partial charge in [-0.15, -0.1) is 0 Å². The molecule has 1 aliphatic rings. The molecule has 0 aromatic carbocycles. The zero-order valence-electron chi connectivity index (χ0n) is 6.15. The molecule has 0 spiro atoms. The molecule has 2 nitrogen and oxygen atoms in total. The Morgan fingerprint density at radius 2 is 2.33 bits per heavy atom. The maximum Gasteiger partial charge on any atom is 0.0690 e. The third-order valence-corrected chi connectivity index (χ3v) is 2.32. The van der Waals surface area contributed by atoms with Gasteiger partial charge in [0.1, 0.15) is 0 Å². The summed E-state index contributed by atoms with van der Waals surface area (Å²) in [7, 11) is 0. The minimum Gasteiger partial charge on any atom is -0.392 e. The molecule has 1 fully saturated rings. The van der Waals surface area contributed by atoms with Crippen LogP contribution in [0.5, 0.6) is 0 Å². The Morgan fingerprint density at radius 3 is 2.56 bits per heavy atom. The van der Waals surface area contributed by atoms with Crippen molar-refractivity contribution in [2.75, 3.05) is 6.54 Å². The van der Waals surface area contributed by atoms with Gasteiger partial charge >= 0.3 is 0 Å². The van der Waals surface area contributed by atoms with Gasteiger partial charge in [0.05, 0.1) is 6.10 Å². The summed E-state index contributed by atoms with van der Waals surface area (Å²) in [6.45, 7) is 4.98. The highest BCUT2D eigenvalue weighted by molar-refractivity contribution is 4.92. The molecule has 0 saturated carbocycles. The van der Waals surface area contributed by atoms with Gasteiger partial charge in [0.15, 0.2) is 0 Å². The molecule has 0 aromatic heterocycles. The SMILES string of the molecule is CC(O)[C@]1(C)CCCN1. The van der Waals surface area contributed by atoms with Crippen LogP contribution in [0.1, 0.15) is 26.7 Å². The third-order valence-electron chi connectivity index (χ3n) is 2.32. The molecule has 0 radical (unpaired) electrons. The quantitative estimate of drug-likeness (QED) is 0.540. The van der Waals surface area contributed by atoms with E-state index in [1.165, 1.54) is 6.42 Å². The number of hydrogen-bond donors (Lipinski definition) is 2. The molecule has 0 aromatic rings. The molecule has 54 valence electrons. The van der Waals surface area contributed by atoms with Crippen molar-refractivity contribution >= 4 is 0 Å². The number of hydrogen-bond acceptors (Lipinski definition) is 2. The molecule has 1 heterocycles. The lowest BCUT2D eigenvalue weighted by molar-refractivity contribution is 0.0983. The largest absolute Gasteiger partial charge is 0.392 e. The van der Waals surface area contributed by atoms with Crippen molar-refractivity contribution in [3.63, 3.8) is 0 Å². The van der Waals surface area contributed by atoms with Gasteiger partial charge in [0.2, 0.25) is 0 Å². The fourth-order valence-corrected chi connectivity index (χ4v) is 1.27. The molecule has 0 bridgehead atoms. The molecule has 1 rings (SSSR count). The second kappa shape index (κ2) is 2.27. The number of aliphatic hydroxyl groups excluding tert-OH is 1. The van der Waals surface area contributed by atoms with E-state index in [1.807, 2.05) is 6.92 Å². The first-order chi connectivity index (χ1) is 4.15. The normalized spacial score (nSPS) is 39.0. The van der Waals surface area contributed by atoms with Crippen LogP contribution in [0.2, 0.25) is 0 Å². The highest BCUT2D eigenvalue weighted by Crippen LogP contribution is 2.21. The minimum absolute atomic E-state index is 0. The Morgan fingerprint density at radius 1 is 1.67 bits per heavy atom. The van der Waals surface area contributed by atoms with Crippen molar-refractivity contribution in [2.24, 2.45) is 0 Å². The smallest absolute Gasteiger partial charge is 0.0690 e. The van der Waals surface area contributed by atoms with Crippen molar-refractivity contribution < 1.29 is 5.11 Å². The molecule has 0 aliphatic carbocycles. The van der Waals surface area contributed by atoms with Crippen LogP contribution in [-0.4, -0.2) is 23.3 Å². The van der Waals surface area contributed by atoms with Crippen molar-refractivity contribution in [1.29, 1.82) is 0 Å². The van der Waals surface area contributed by atoms with E-state index in [0.717, 1.165) is 13.0 Å². The van der Waals surface area contributed by atoms with E-state index in [9.17, 15) is 5.11 Å². The van der Waals surface area contributed by atoms with Gasteiger partial charge in [-0.2, -0.15) is 0 Å². The molecule has 1 saturated heterocycles. The average Bonchev–Trinajstić information content (AvgIpc) is 2.16. The second-order valence-electron chi connectivity index (χ2n) is 3.12. The Hall–Kier alpha value is -0.0800. The molecule has 1 unspecified atom stereocenters. The average molecular weight is 129 g/mol. The van der Waals surface area contributed by atoms with Crippen LogP contribution >= 0.6 is 0 Å². The molecule has 2 N–H and O–H groups in total. The van der Waals surface area contributed by atoms with Gasteiger partial charge in [-0.1, -0.05) is 0 Å². The van der Waals surface area contributed by atoms with E-state index in [2.05, 4.69) is 12.2 Å².